The first-order valence-corrected chi connectivity index (χ1v) is 7.12. The minimum atomic E-state index is -0.433. The second-order valence-electron chi connectivity index (χ2n) is 4.82. The summed E-state index contributed by atoms with van der Waals surface area (Å²) >= 11 is 0. The van der Waals surface area contributed by atoms with Crippen molar-refractivity contribution < 1.29 is 14.4 Å². The predicted octanol–water partition coefficient (Wildman–Crippen LogP) is 3.76. The number of hydrogen-bond donors (Lipinski definition) is 0. The van der Waals surface area contributed by atoms with Gasteiger partial charge in [-0.3, -0.25) is 10.1 Å². The van der Waals surface area contributed by atoms with Crippen LogP contribution >= 0.6 is 0 Å². The van der Waals surface area contributed by atoms with Gasteiger partial charge in [0.05, 0.1) is 4.92 Å². The van der Waals surface area contributed by atoms with Crippen molar-refractivity contribution in [1.29, 1.82) is 0 Å². The van der Waals surface area contributed by atoms with Gasteiger partial charge in [-0.2, -0.15) is 0 Å². The Morgan fingerprint density at radius 3 is 2.50 bits per heavy atom. The van der Waals surface area contributed by atoms with Gasteiger partial charge in [0.15, 0.2) is 0 Å². The maximum Gasteiger partial charge on any atom is 0.321 e. The Labute approximate surface area is 137 Å². The maximum atomic E-state index is 10.8. The number of benzene rings is 2. The van der Waals surface area contributed by atoms with Crippen molar-refractivity contribution in [2.45, 2.75) is 6.61 Å². The predicted molar refractivity (Wildman–Crippen MR) is 86.0 cm³/mol. The highest BCUT2D eigenvalue weighted by Crippen LogP contribution is 2.24. The molecule has 0 aliphatic rings. The van der Waals surface area contributed by atoms with E-state index >= 15 is 0 Å². The third kappa shape index (κ3) is 4.04. The van der Waals surface area contributed by atoms with Gasteiger partial charge in [0, 0.05) is 30.6 Å². The van der Waals surface area contributed by atoms with Crippen molar-refractivity contribution >= 4 is 5.69 Å². The highest BCUT2D eigenvalue weighted by atomic mass is 16.6. The molecule has 0 aliphatic carbocycles. The maximum absolute atomic E-state index is 10.8. The minimum absolute atomic E-state index is 0.0365. The highest BCUT2D eigenvalue weighted by Gasteiger charge is 2.06. The van der Waals surface area contributed by atoms with E-state index in [2.05, 4.69) is 9.97 Å². The van der Waals surface area contributed by atoms with E-state index in [1.807, 2.05) is 0 Å². The molecule has 3 aromatic rings. The summed E-state index contributed by atoms with van der Waals surface area (Å²) in [6.45, 7) is 0.215. The Balaban J connectivity index is 1.66. The molecular weight excluding hydrogens is 310 g/mol. The summed E-state index contributed by atoms with van der Waals surface area (Å²) in [4.78, 5) is 18.3. The quantitative estimate of drug-likeness (QED) is 0.507. The van der Waals surface area contributed by atoms with Crippen LogP contribution in [-0.4, -0.2) is 14.9 Å². The summed E-state index contributed by atoms with van der Waals surface area (Å²) in [6.07, 6.45) is 3.18. The molecule has 1 aromatic heterocycles. The van der Waals surface area contributed by atoms with Gasteiger partial charge in [-0.25, -0.2) is 9.97 Å². The molecular formula is C17H13N3O4. The van der Waals surface area contributed by atoms with E-state index < -0.39 is 4.92 Å². The lowest BCUT2D eigenvalue weighted by atomic mass is 10.2. The third-order valence-corrected chi connectivity index (χ3v) is 3.08. The molecule has 24 heavy (non-hydrogen) atoms. The second kappa shape index (κ2) is 7.19. The lowest BCUT2D eigenvalue weighted by Gasteiger charge is -2.08. The summed E-state index contributed by atoms with van der Waals surface area (Å²) in [6, 6.07) is 15.3. The van der Waals surface area contributed by atoms with E-state index in [1.165, 1.54) is 12.1 Å². The SMILES string of the molecule is O=[N+]([O-])c1cccc(COc2cccc(Oc3ncccn3)c2)c1. The molecule has 7 heteroatoms. The molecule has 0 spiro atoms. The third-order valence-electron chi connectivity index (χ3n) is 3.08. The van der Waals surface area contributed by atoms with E-state index in [0.29, 0.717) is 17.1 Å². The molecule has 2 aromatic carbocycles. The molecule has 0 unspecified atom stereocenters. The van der Waals surface area contributed by atoms with Gasteiger partial charge < -0.3 is 9.47 Å². The van der Waals surface area contributed by atoms with Gasteiger partial charge in [-0.05, 0) is 23.8 Å². The molecule has 0 saturated heterocycles. The lowest BCUT2D eigenvalue weighted by Crippen LogP contribution is -1.97. The Kier molecular flexibility index (Phi) is 4.62. The minimum Gasteiger partial charge on any atom is -0.489 e. The molecule has 1 heterocycles. The Hall–Kier alpha value is -3.48. The van der Waals surface area contributed by atoms with E-state index in [0.717, 1.165) is 0 Å². The van der Waals surface area contributed by atoms with Crippen molar-refractivity contribution in [2.24, 2.45) is 0 Å². The van der Waals surface area contributed by atoms with Gasteiger partial charge in [0.25, 0.3) is 5.69 Å². The topological polar surface area (TPSA) is 87.4 Å². The van der Waals surface area contributed by atoms with Crippen molar-refractivity contribution in [3.63, 3.8) is 0 Å². The molecule has 0 radical (unpaired) electrons. The largest absolute Gasteiger partial charge is 0.489 e. The Bertz CT molecular complexity index is 840. The van der Waals surface area contributed by atoms with Crippen LogP contribution in [0.25, 0.3) is 0 Å². The normalized spacial score (nSPS) is 10.2. The van der Waals surface area contributed by atoms with Crippen LogP contribution in [0.5, 0.6) is 17.5 Å². The molecule has 0 saturated carbocycles. The number of non-ortho nitro benzene ring substituents is 1. The number of nitro benzene ring substituents is 1. The Morgan fingerprint density at radius 1 is 0.958 bits per heavy atom. The van der Waals surface area contributed by atoms with Gasteiger partial charge in [-0.15, -0.1) is 0 Å². The van der Waals surface area contributed by atoms with Gasteiger partial charge in [0.1, 0.15) is 18.1 Å². The Morgan fingerprint density at radius 2 is 1.71 bits per heavy atom. The zero-order chi connectivity index (χ0) is 16.8. The van der Waals surface area contributed by atoms with Crippen molar-refractivity contribution in [3.05, 3.63) is 82.7 Å². The smallest absolute Gasteiger partial charge is 0.321 e. The molecule has 0 aliphatic heterocycles. The standard InChI is InChI=1S/C17H13N3O4/c21-20(22)14-5-1-4-13(10-14)12-23-15-6-2-7-16(11-15)24-17-18-8-3-9-19-17/h1-11H,12H2. The van der Waals surface area contributed by atoms with E-state index in [4.69, 9.17) is 9.47 Å². The second-order valence-corrected chi connectivity index (χ2v) is 4.82. The number of rotatable bonds is 6. The summed E-state index contributed by atoms with van der Waals surface area (Å²) in [5.74, 6) is 1.12. The molecule has 0 N–H and O–H groups in total. The first-order chi connectivity index (χ1) is 11.7. The molecule has 3 rings (SSSR count). The fraction of sp³-hybridized carbons (Fsp3) is 0.0588. The lowest BCUT2D eigenvalue weighted by molar-refractivity contribution is -0.384. The average Bonchev–Trinajstić information content (AvgIpc) is 2.61. The first-order valence-electron chi connectivity index (χ1n) is 7.12. The number of nitrogens with zero attached hydrogens (tertiary/aromatic N) is 3. The number of ether oxygens (including phenoxy) is 2. The first kappa shape index (κ1) is 15.4. The molecule has 7 nitrogen and oxygen atoms in total. The van der Waals surface area contributed by atoms with Crippen LogP contribution in [0.3, 0.4) is 0 Å². The average molecular weight is 323 g/mol. The molecule has 120 valence electrons. The van der Waals surface area contributed by atoms with Gasteiger partial charge >= 0.3 is 6.01 Å². The zero-order valence-electron chi connectivity index (χ0n) is 12.5. The van der Waals surface area contributed by atoms with E-state index in [-0.39, 0.29) is 18.3 Å². The molecule has 0 amide bonds. The summed E-state index contributed by atoms with van der Waals surface area (Å²) in [5.41, 5.74) is 0.747. The van der Waals surface area contributed by atoms with Crippen LogP contribution < -0.4 is 9.47 Å². The van der Waals surface area contributed by atoms with Crippen LogP contribution in [0.2, 0.25) is 0 Å². The van der Waals surface area contributed by atoms with Gasteiger partial charge in [-0.1, -0.05) is 18.2 Å². The van der Waals surface area contributed by atoms with Crippen LogP contribution in [0, 0.1) is 10.1 Å². The highest BCUT2D eigenvalue weighted by molar-refractivity contribution is 5.36. The number of nitro groups is 1. The van der Waals surface area contributed by atoms with Crippen LogP contribution in [-0.2, 0) is 6.61 Å². The molecule has 0 atom stereocenters. The molecule has 0 fully saturated rings. The fourth-order valence-corrected chi connectivity index (χ4v) is 2.00. The van der Waals surface area contributed by atoms with Crippen LogP contribution in [0.4, 0.5) is 5.69 Å². The van der Waals surface area contributed by atoms with Crippen molar-refractivity contribution in [1.82, 2.24) is 9.97 Å². The monoisotopic (exact) mass is 323 g/mol. The molecule has 0 bridgehead atoms. The van der Waals surface area contributed by atoms with Crippen molar-refractivity contribution in [2.75, 3.05) is 0 Å². The fourth-order valence-electron chi connectivity index (χ4n) is 2.00. The van der Waals surface area contributed by atoms with E-state index in [9.17, 15) is 10.1 Å². The number of hydrogen-bond acceptors (Lipinski definition) is 6. The number of aromatic nitrogens is 2. The van der Waals surface area contributed by atoms with Crippen LogP contribution in [0.15, 0.2) is 67.0 Å². The zero-order valence-corrected chi connectivity index (χ0v) is 12.5. The summed E-state index contributed by atoms with van der Waals surface area (Å²) in [5, 5.41) is 10.8. The summed E-state index contributed by atoms with van der Waals surface area (Å²) in [7, 11) is 0. The van der Waals surface area contributed by atoms with Gasteiger partial charge in [0.2, 0.25) is 0 Å². The summed E-state index contributed by atoms with van der Waals surface area (Å²) < 4.78 is 11.2. The van der Waals surface area contributed by atoms with Crippen molar-refractivity contribution in [3.8, 4) is 17.5 Å². The van der Waals surface area contributed by atoms with Crippen LogP contribution in [0.1, 0.15) is 5.56 Å². The van der Waals surface area contributed by atoms with E-state index in [1.54, 1.807) is 54.9 Å².